The number of aliphatic carboxylic acids is 1. The number of carboxylic acids is 1. The Morgan fingerprint density at radius 2 is 1.69 bits per heavy atom. The lowest BCUT2D eigenvalue weighted by molar-refractivity contribution is -0.139. The van der Waals surface area contributed by atoms with Gasteiger partial charge in [0.2, 0.25) is 0 Å². The first-order valence-corrected chi connectivity index (χ1v) is 5.23. The molecule has 1 saturated heterocycles. The maximum atomic E-state index is 10.7. The van der Waals surface area contributed by atoms with E-state index in [1.54, 1.807) is 0 Å². The van der Waals surface area contributed by atoms with Crippen molar-refractivity contribution in [3.8, 4) is 0 Å². The van der Waals surface area contributed by atoms with Crippen LogP contribution in [0.2, 0.25) is 0 Å². The van der Waals surface area contributed by atoms with Crippen LogP contribution in [0.4, 0.5) is 0 Å². The molecule has 74 valence electrons. The summed E-state index contributed by atoms with van der Waals surface area (Å²) in [5.41, 5.74) is 0. The second-order valence-electron chi connectivity index (χ2n) is 4.31. The van der Waals surface area contributed by atoms with E-state index in [0.717, 1.165) is 31.2 Å². The number of rotatable bonds is 2. The van der Waals surface area contributed by atoms with Crippen molar-refractivity contribution < 1.29 is 9.90 Å². The molecule has 2 N–H and O–H groups in total. The topological polar surface area (TPSA) is 49.3 Å². The highest BCUT2D eigenvalue weighted by Crippen LogP contribution is 2.41. The van der Waals surface area contributed by atoms with Crippen molar-refractivity contribution in [2.75, 3.05) is 6.54 Å². The molecule has 1 aliphatic heterocycles. The van der Waals surface area contributed by atoms with Crippen LogP contribution in [0.3, 0.4) is 0 Å². The molecular formula is C10H17NO2. The van der Waals surface area contributed by atoms with Gasteiger partial charge in [0.05, 0.1) is 0 Å². The van der Waals surface area contributed by atoms with E-state index in [0.29, 0.717) is 0 Å². The van der Waals surface area contributed by atoms with Gasteiger partial charge in [-0.15, -0.1) is 0 Å². The summed E-state index contributed by atoms with van der Waals surface area (Å²) in [5, 5.41) is 11.9. The first-order valence-electron chi connectivity index (χ1n) is 5.23. The first-order chi connectivity index (χ1) is 6.27. The Morgan fingerprint density at radius 1 is 1.08 bits per heavy atom. The van der Waals surface area contributed by atoms with Gasteiger partial charge >= 0.3 is 5.97 Å². The summed E-state index contributed by atoms with van der Waals surface area (Å²) in [7, 11) is 0. The summed E-state index contributed by atoms with van der Waals surface area (Å²) in [5.74, 6) is 1.04. The zero-order chi connectivity index (χ0) is 9.26. The number of nitrogens with one attached hydrogen (secondary N) is 1. The molecule has 2 unspecified atom stereocenters. The summed E-state index contributed by atoms with van der Waals surface area (Å²) in [6.07, 6.45) is 5.85. The lowest BCUT2D eigenvalue weighted by Gasteiger charge is -2.11. The zero-order valence-corrected chi connectivity index (χ0v) is 7.83. The molecule has 0 bridgehead atoms. The van der Waals surface area contributed by atoms with Gasteiger partial charge in [0.15, 0.2) is 0 Å². The van der Waals surface area contributed by atoms with E-state index < -0.39 is 5.97 Å². The van der Waals surface area contributed by atoms with E-state index >= 15 is 0 Å². The van der Waals surface area contributed by atoms with Crippen molar-refractivity contribution in [1.82, 2.24) is 5.32 Å². The Balaban J connectivity index is 1.85. The third-order valence-corrected chi connectivity index (χ3v) is 3.32. The molecule has 2 fully saturated rings. The maximum Gasteiger partial charge on any atom is 0.320 e. The smallest absolute Gasteiger partial charge is 0.320 e. The van der Waals surface area contributed by atoms with E-state index in [9.17, 15) is 4.79 Å². The first kappa shape index (κ1) is 9.00. The summed E-state index contributed by atoms with van der Waals surface area (Å²) >= 11 is 0. The zero-order valence-electron chi connectivity index (χ0n) is 7.83. The quantitative estimate of drug-likeness (QED) is 0.677. The van der Waals surface area contributed by atoms with Crippen LogP contribution in [0, 0.1) is 11.8 Å². The van der Waals surface area contributed by atoms with Gasteiger partial charge in [0, 0.05) is 0 Å². The summed E-state index contributed by atoms with van der Waals surface area (Å²) in [4.78, 5) is 10.7. The molecule has 1 aliphatic carbocycles. The summed E-state index contributed by atoms with van der Waals surface area (Å²) < 4.78 is 0. The molecule has 0 aromatic heterocycles. The highest BCUT2D eigenvalue weighted by Gasteiger charge is 2.33. The SMILES string of the molecule is O=C(O)C1CCC(C2CC2)CCN1. The minimum atomic E-state index is -0.684. The van der Waals surface area contributed by atoms with Crippen LogP contribution in [0.5, 0.6) is 0 Å². The van der Waals surface area contributed by atoms with Crippen molar-refractivity contribution >= 4 is 5.97 Å². The fourth-order valence-electron chi connectivity index (χ4n) is 2.32. The molecule has 1 heterocycles. The van der Waals surface area contributed by atoms with Crippen LogP contribution in [0.1, 0.15) is 32.1 Å². The number of carbonyl (C=O) groups is 1. The molecule has 2 rings (SSSR count). The normalized spacial score (nSPS) is 35.4. The molecule has 0 spiro atoms. The fraction of sp³-hybridized carbons (Fsp3) is 0.900. The van der Waals surface area contributed by atoms with Gasteiger partial charge < -0.3 is 10.4 Å². The average Bonchev–Trinajstić information content (AvgIpc) is 2.91. The number of hydrogen-bond donors (Lipinski definition) is 2. The van der Waals surface area contributed by atoms with Gasteiger partial charge in [-0.25, -0.2) is 0 Å². The average molecular weight is 183 g/mol. The molecule has 3 heteroatoms. The van der Waals surface area contributed by atoms with Gasteiger partial charge in [-0.3, -0.25) is 4.79 Å². The molecule has 3 nitrogen and oxygen atoms in total. The monoisotopic (exact) mass is 183 g/mol. The van der Waals surface area contributed by atoms with E-state index in [-0.39, 0.29) is 6.04 Å². The molecule has 0 amide bonds. The van der Waals surface area contributed by atoms with Crippen LogP contribution < -0.4 is 5.32 Å². The Kier molecular flexibility index (Phi) is 2.54. The van der Waals surface area contributed by atoms with E-state index in [2.05, 4.69) is 5.32 Å². The van der Waals surface area contributed by atoms with Crippen LogP contribution in [-0.2, 0) is 4.79 Å². The Hall–Kier alpha value is -0.570. The van der Waals surface area contributed by atoms with Crippen molar-refractivity contribution in [1.29, 1.82) is 0 Å². The van der Waals surface area contributed by atoms with E-state index in [4.69, 9.17) is 5.11 Å². The lowest BCUT2D eigenvalue weighted by atomic mass is 9.94. The van der Waals surface area contributed by atoms with Crippen molar-refractivity contribution in [2.24, 2.45) is 11.8 Å². The molecule has 2 aliphatic rings. The molecular weight excluding hydrogens is 166 g/mol. The minimum Gasteiger partial charge on any atom is -0.480 e. The fourth-order valence-corrected chi connectivity index (χ4v) is 2.32. The molecule has 1 saturated carbocycles. The Bertz CT molecular complexity index is 201. The molecule has 2 atom stereocenters. The molecule has 0 radical (unpaired) electrons. The van der Waals surface area contributed by atoms with Gasteiger partial charge in [-0.1, -0.05) is 0 Å². The number of carboxylic acid groups (broad SMARTS) is 1. The third-order valence-electron chi connectivity index (χ3n) is 3.32. The summed E-state index contributed by atoms with van der Waals surface area (Å²) in [6, 6.07) is -0.288. The summed E-state index contributed by atoms with van der Waals surface area (Å²) in [6.45, 7) is 0.887. The van der Waals surface area contributed by atoms with Gasteiger partial charge in [-0.2, -0.15) is 0 Å². The van der Waals surface area contributed by atoms with Crippen molar-refractivity contribution in [3.05, 3.63) is 0 Å². The highest BCUT2D eigenvalue weighted by atomic mass is 16.4. The predicted octanol–water partition coefficient (Wildman–Crippen LogP) is 1.24. The van der Waals surface area contributed by atoms with Gasteiger partial charge in [0.25, 0.3) is 0 Å². The lowest BCUT2D eigenvalue weighted by Crippen LogP contribution is -2.35. The van der Waals surface area contributed by atoms with Gasteiger partial charge in [0.1, 0.15) is 6.04 Å². The second-order valence-corrected chi connectivity index (χ2v) is 4.31. The third kappa shape index (κ3) is 2.21. The van der Waals surface area contributed by atoms with Crippen LogP contribution >= 0.6 is 0 Å². The molecule has 0 aromatic carbocycles. The van der Waals surface area contributed by atoms with E-state index in [1.807, 2.05) is 0 Å². The maximum absolute atomic E-state index is 10.7. The van der Waals surface area contributed by atoms with Crippen LogP contribution in [0.15, 0.2) is 0 Å². The largest absolute Gasteiger partial charge is 0.480 e. The van der Waals surface area contributed by atoms with Crippen molar-refractivity contribution in [3.63, 3.8) is 0 Å². The molecule has 0 aromatic rings. The molecule has 13 heavy (non-hydrogen) atoms. The van der Waals surface area contributed by atoms with Crippen LogP contribution in [-0.4, -0.2) is 23.7 Å². The van der Waals surface area contributed by atoms with Crippen molar-refractivity contribution in [2.45, 2.75) is 38.1 Å². The Morgan fingerprint density at radius 3 is 2.31 bits per heavy atom. The van der Waals surface area contributed by atoms with Crippen LogP contribution in [0.25, 0.3) is 0 Å². The standard InChI is InChI=1S/C10H17NO2/c12-10(13)9-4-3-8(5-6-11-9)7-1-2-7/h7-9,11H,1-6H2,(H,12,13). The Labute approximate surface area is 78.5 Å². The van der Waals surface area contributed by atoms with E-state index in [1.165, 1.54) is 19.3 Å². The van der Waals surface area contributed by atoms with Gasteiger partial charge in [-0.05, 0) is 50.5 Å². The minimum absolute atomic E-state index is 0.288. The predicted molar refractivity (Wildman–Crippen MR) is 49.5 cm³/mol. The highest BCUT2D eigenvalue weighted by molar-refractivity contribution is 5.73. The second kappa shape index (κ2) is 3.66. The number of hydrogen-bond acceptors (Lipinski definition) is 2.